The number of likely N-dealkylation sites (tertiary alicyclic amines) is 1. The number of hydrogen-bond acceptors (Lipinski definition) is 3. The van der Waals surface area contributed by atoms with Crippen LogP contribution in [0.5, 0.6) is 5.75 Å². The molecule has 0 bridgehead atoms. The SMILES string of the molecule is CCC[C@@](O)(c1ccc(OCC)cc1)[C@H](CN1CCCC1)c1ccccc1. The number of aliphatic hydroxyl groups is 1. The second kappa shape index (κ2) is 9.38. The lowest BCUT2D eigenvalue weighted by molar-refractivity contribution is -0.0117. The fraction of sp³-hybridized carbons (Fsp3) is 0.500. The number of ether oxygens (including phenoxy) is 1. The number of rotatable bonds is 9. The van der Waals surface area contributed by atoms with Crippen LogP contribution in [0.3, 0.4) is 0 Å². The van der Waals surface area contributed by atoms with Gasteiger partial charge in [-0.25, -0.2) is 0 Å². The lowest BCUT2D eigenvalue weighted by atomic mass is 9.74. The van der Waals surface area contributed by atoms with Crippen LogP contribution in [-0.4, -0.2) is 36.2 Å². The summed E-state index contributed by atoms with van der Waals surface area (Å²) in [6, 6.07) is 18.6. The molecule has 0 saturated carbocycles. The van der Waals surface area contributed by atoms with Crippen molar-refractivity contribution in [1.29, 1.82) is 0 Å². The average molecular weight is 368 g/mol. The van der Waals surface area contributed by atoms with Gasteiger partial charge in [0.2, 0.25) is 0 Å². The second-order valence-electron chi connectivity index (χ2n) is 7.60. The first-order valence-corrected chi connectivity index (χ1v) is 10.4. The molecule has 1 aliphatic rings. The van der Waals surface area contributed by atoms with Gasteiger partial charge < -0.3 is 14.7 Å². The summed E-state index contributed by atoms with van der Waals surface area (Å²) in [4.78, 5) is 2.51. The maximum absolute atomic E-state index is 12.0. The average Bonchev–Trinajstić information content (AvgIpc) is 3.21. The first-order valence-electron chi connectivity index (χ1n) is 10.4. The summed E-state index contributed by atoms with van der Waals surface area (Å²) in [7, 11) is 0. The van der Waals surface area contributed by atoms with Crippen LogP contribution in [0, 0.1) is 0 Å². The van der Waals surface area contributed by atoms with Gasteiger partial charge in [0.1, 0.15) is 5.75 Å². The smallest absolute Gasteiger partial charge is 0.119 e. The van der Waals surface area contributed by atoms with Crippen LogP contribution in [0.4, 0.5) is 0 Å². The molecule has 0 radical (unpaired) electrons. The highest BCUT2D eigenvalue weighted by atomic mass is 16.5. The minimum atomic E-state index is -0.885. The minimum absolute atomic E-state index is 0.0506. The normalized spacial score (nSPS) is 18.2. The van der Waals surface area contributed by atoms with Gasteiger partial charge in [-0.15, -0.1) is 0 Å². The van der Waals surface area contributed by atoms with E-state index in [1.54, 1.807) is 0 Å². The van der Waals surface area contributed by atoms with Gasteiger partial charge in [0.05, 0.1) is 12.2 Å². The molecule has 0 aromatic heterocycles. The zero-order valence-electron chi connectivity index (χ0n) is 16.7. The Balaban J connectivity index is 1.97. The van der Waals surface area contributed by atoms with Crippen molar-refractivity contribution in [2.24, 2.45) is 0 Å². The predicted molar refractivity (Wildman–Crippen MR) is 111 cm³/mol. The molecule has 2 aromatic rings. The summed E-state index contributed by atoms with van der Waals surface area (Å²) < 4.78 is 5.60. The zero-order valence-corrected chi connectivity index (χ0v) is 16.7. The van der Waals surface area contributed by atoms with E-state index in [0.717, 1.165) is 43.8 Å². The second-order valence-corrected chi connectivity index (χ2v) is 7.60. The molecular weight excluding hydrogens is 334 g/mol. The third-order valence-corrected chi connectivity index (χ3v) is 5.71. The van der Waals surface area contributed by atoms with Gasteiger partial charge in [-0.2, -0.15) is 0 Å². The van der Waals surface area contributed by atoms with E-state index >= 15 is 0 Å². The molecule has 3 rings (SSSR count). The fourth-order valence-electron chi connectivity index (χ4n) is 4.35. The van der Waals surface area contributed by atoms with Gasteiger partial charge in [-0.3, -0.25) is 0 Å². The van der Waals surface area contributed by atoms with Crippen molar-refractivity contribution in [2.75, 3.05) is 26.2 Å². The molecule has 1 aliphatic heterocycles. The molecule has 1 N–H and O–H groups in total. The molecule has 27 heavy (non-hydrogen) atoms. The van der Waals surface area contributed by atoms with Crippen molar-refractivity contribution in [3.05, 3.63) is 65.7 Å². The first kappa shape index (κ1) is 19.9. The van der Waals surface area contributed by atoms with Crippen LogP contribution in [-0.2, 0) is 5.60 Å². The standard InChI is InChI=1S/C24H33NO2/c1-3-16-24(26,21-12-14-22(15-13-21)27-4-2)23(19-25-17-8-9-18-25)20-10-6-5-7-11-20/h5-7,10-15,23,26H,3-4,8-9,16-19H2,1-2H3/t23-,24-/m1/s1. The van der Waals surface area contributed by atoms with Crippen molar-refractivity contribution >= 4 is 0 Å². The molecule has 2 aromatic carbocycles. The summed E-state index contributed by atoms with van der Waals surface area (Å²) in [5, 5.41) is 12.0. The summed E-state index contributed by atoms with van der Waals surface area (Å²) >= 11 is 0. The van der Waals surface area contributed by atoms with Gasteiger partial charge in [0, 0.05) is 12.5 Å². The Morgan fingerprint density at radius 3 is 2.26 bits per heavy atom. The van der Waals surface area contributed by atoms with Crippen molar-refractivity contribution in [3.8, 4) is 5.75 Å². The lowest BCUT2D eigenvalue weighted by Crippen LogP contribution is -2.40. The molecule has 1 fully saturated rings. The molecule has 0 unspecified atom stereocenters. The number of hydrogen-bond donors (Lipinski definition) is 1. The molecule has 0 amide bonds. The largest absolute Gasteiger partial charge is 0.494 e. The number of benzene rings is 2. The maximum Gasteiger partial charge on any atom is 0.119 e. The highest BCUT2D eigenvalue weighted by Crippen LogP contribution is 2.42. The highest BCUT2D eigenvalue weighted by Gasteiger charge is 2.39. The molecule has 0 spiro atoms. The third-order valence-electron chi connectivity index (χ3n) is 5.71. The van der Waals surface area contributed by atoms with E-state index in [0.29, 0.717) is 6.61 Å². The van der Waals surface area contributed by atoms with Crippen LogP contribution in [0.1, 0.15) is 56.6 Å². The number of nitrogens with zero attached hydrogens (tertiary/aromatic N) is 1. The zero-order chi connectivity index (χ0) is 19.1. The van der Waals surface area contributed by atoms with Gasteiger partial charge in [-0.1, -0.05) is 55.8 Å². The van der Waals surface area contributed by atoms with E-state index in [-0.39, 0.29) is 5.92 Å². The molecule has 146 valence electrons. The monoisotopic (exact) mass is 367 g/mol. The van der Waals surface area contributed by atoms with E-state index in [1.165, 1.54) is 18.4 Å². The molecule has 3 nitrogen and oxygen atoms in total. The summed E-state index contributed by atoms with van der Waals surface area (Å²) in [6.07, 6.45) is 4.20. The Hall–Kier alpha value is -1.84. The van der Waals surface area contributed by atoms with Gasteiger partial charge in [0.15, 0.2) is 0 Å². The van der Waals surface area contributed by atoms with Gasteiger partial charge in [0.25, 0.3) is 0 Å². The molecule has 2 atom stereocenters. The third kappa shape index (κ3) is 4.72. The van der Waals surface area contributed by atoms with Crippen LogP contribution in [0.15, 0.2) is 54.6 Å². The quantitative estimate of drug-likeness (QED) is 0.680. The Kier molecular flexibility index (Phi) is 6.92. The molecule has 0 aliphatic carbocycles. The predicted octanol–water partition coefficient (Wildman–Crippen LogP) is 4.95. The van der Waals surface area contributed by atoms with E-state index in [4.69, 9.17) is 4.74 Å². The van der Waals surface area contributed by atoms with E-state index < -0.39 is 5.60 Å². The van der Waals surface area contributed by atoms with E-state index in [1.807, 2.05) is 37.3 Å². The summed E-state index contributed by atoms with van der Waals surface area (Å²) in [5.74, 6) is 0.908. The molecular formula is C24H33NO2. The van der Waals surface area contributed by atoms with E-state index in [9.17, 15) is 5.11 Å². The van der Waals surface area contributed by atoms with Crippen LogP contribution in [0.25, 0.3) is 0 Å². The van der Waals surface area contributed by atoms with Crippen LogP contribution < -0.4 is 4.74 Å². The summed E-state index contributed by atoms with van der Waals surface area (Å²) in [5.41, 5.74) is 1.32. The Morgan fingerprint density at radius 2 is 1.67 bits per heavy atom. The van der Waals surface area contributed by atoms with Crippen LogP contribution in [0.2, 0.25) is 0 Å². The van der Waals surface area contributed by atoms with E-state index in [2.05, 4.69) is 36.1 Å². The molecule has 1 heterocycles. The van der Waals surface area contributed by atoms with Gasteiger partial charge in [-0.05, 0) is 62.5 Å². The Morgan fingerprint density at radius 1 is 1.00 bits per heavy atom. The van der Waals surface area contributed by atoms with Crippen molar-refractivity contribution in [1.82, 2.24) is 4.90 Å². The Bertz CT molecular complexity index is 679. The maximum atomic E-state index is 12.0. The molecule has 1 saturated heterocycles. The van der Waals surface area contributed by atoms with Gasteiger partial charge >= 0.3 is 0 Å². The van der Waals surface area contributed by atoms with Crippen LogP contribution >= 0.6 is 0 Å². The minimum Gasteiger partial charge on any atom is -0.494 e. The lowest BCUT2D eigenvalue weighted by Gasteiger charge is -2.39. The topological polar surface area (TPSA) is 32.7 Å². The highest BCUT2D eigenvalue weighted by molar-refractivity contribution is 5.35. The Labute approximate surface area is 164 Å². The van der Waals surface area contributed by atoms with Crippen molar-refractivity contribution in [2.45, 2.75) is 51.0 Å². The molecule has 3 heteroatoms. The first-order chi connectivity index (χ1) is 13.2. The van der Waals surface area contributed by atoms with Crippen molar-refractivity contribution < 1.29 is 9.84 Å². The summed E-state index contributed by atoms with van der Waals surface area (Å²) in [6.45, 7) is 7.96. The van der Waals surface area contributed by atoms with Crippen molar-refractivity contribution in [3.63, 3.8) is 0 Å². The fourth-order valence-corrected chi connectivity index (χ4v) is 4.35.